The van der Waals surface area contributed by atoms with Crippen molar-refractivity contribution in [3.63, 3.8) is 0 Å². The van der Waals surface area contributed by atoms with Crippen molar-refractivity contribution < 1.29 is 22.7 Å². The Labute approximate surface area is 157 Å². The van der Waals surface area contributed by atoms with E-state index in [4.69, 9.17) is 4.42 Å². The minimum Gasteiger partial charge on any atom is -0.457 e. The van der Waals surface area contributed by atoms with E-state index in [2.05, 4.69) is 4.98 Å². The fourth-order valence-corrected chi connectivity index (χ4v) is 3.60. The minimum absolute atomic E-state index is 0.0201. The fraction of sp³-hybridized carbons (Fsp3) is 0.190. The van der Waals surface area contributed by atoms with E-state index in [1.807, 2.05) is 0 Å². The van der Waals surface area contributed by atoms with E-state index >= 15 is 0 Å². The van der Waals surface area contributed by atoms with Crippen LogP contribution in [0.2, 0.25) is 0 Å². The molecule has 0 saturated carbocycles. The van der Waals surface area contributed by atoms with Crippen LogP contribution < -0.4 is 5.43 Å². The van der Waals surface area contributed by atoms with Gasteiger partial charge in [-0.3, -0.25) is 4.79 Å². The van der Waals surface area contributed by atoms with Gasteiger partial charge in [0.2, 0.25) is 5.60 Å². The molecule has 4 rings (SSSR count). The first-order valence-corrected chi connectivity index (χ1v) is 8.55. The lowest BCUT2D eigenvalue weighted by molar-refractivity contribution is -0.253. The zero-order valence-corrected chi connectivity index (χ0v) is 15.0. The molecule has 2 heterocycles. The number of halogens is 3. The number of nitrogens with one attached hydrogen (secondary N) is 1. The molecule has 28 heavy (non-hydrogen) atoms. The molecule has 4 nitrogen and oxygen atoms in total. The molecule has 4 aromatic rings. The summed E-state index contributed by atoms with van der Waals surface area (Å²) in [5.41, 5.74) is -3.21. The Bertz CT molecular complexity index is 1270. The molecular weight excluding hydrogens is 371 g/mol. The molecule has 2 aromatic carbocycles. The van der Waals surface area contributed by atoms with Crippen LogP contribution in [0.5, 0.6) is 0 Å². The average Bonchev–Trinajstić information content (AvgIpc) is 2.96. The van der Waals surface area contributed by atoms with Crippen molar-refractivity contribution in [3.05, 3.63) is 81.3 Å². The summed E-state index contributed by atoms with van der Waals surface area (Å²) in [7, 11) is 0. The second kappa shape index (κ2) is 5.97. The van der Waals surface area contributed by atoms with Gasteiger partial charge in [0, 0.05) is 28.2 Å². The number of para-hydroxylation sites is 1. The van der Waals surface area contributed by atoms with E-state index in [1.165, 1.54) is 25.1 Å². The molecule has 0 amide bonds. The van der Waals surface area contributed by atoms with E-state index < -0.39 is 23.0 Å². The molecule has 0 saturated heterocycles. The van der Waals surface area contributed by atoms with Crippen LogP contribution in [0.15, 0.2) is 57.7 Å². The molecule has 2 N–H and O–H groups in total. The van der Waals surface area contributed by atoms with Crippen molar-refractivity contribution >= 4 is 21.9 Å². The van der Waals surface area contributed by atoms with Crippen molar-refractivity contribution in [1.82, 2.24) is 4.98 Å². The van der Waals surface area contributed by atoms with Gasteiger partial charge in [0.05, 0.1) is 5.39 Å². The number of benzene rings is 2. The maximum atomic E-state index is 14.2. The number of aromatic nitrogens is 1. The number of aryl methyl sites for hydroxylation is 2. The van der Waals surface area contributed by atoms with Crippen LogP contribution in [-0.4, -0.2) is 16.3 Å². The third-order valence-corrected chi connectivity index (χ3v) is 4.90. The van der Waals surface area contributed by atoms with Gasteiger partial charge in [-0.05, 0) is 32.0 Å². The second-order valence-electron chi connectivity index (χ2n) is 6.85. The standard InChI is InChI=1S/C21H16F3NO3/c1-11-7-8-17-14(9-11)16(26)10-18(28-17)20(27,21(22,23)24)19-12(2)25-15-6-4-3-5-13(15)19/h3-10,25,27H,1-2H3. The molecule has 0 spiro atoms. The van der Waals surface area contributed by atoms with Crippen LogP contribution in [-0.2, 0) is 5.60 Å². The topological polar surface area (TPSA) is 66.2 Å². The fourth-order valence-electron chi connectivity index (χ4n) is 3.60. The highest BCUT2D eigenvalue weighted by Gasteiger charge is 2.60. The van der Waals surface area contributed by atoms with Gasteiger partial charge in [0.15, 0.2) is 11.2 Å². The molecule has 1 atom stereocenters. The van der Waals surface area contributed by atoms with Gasteiger partial charge >= 0.3 is 6.18 Å². The zero-order valence-electron chi connectivity index (χ0n) is 15.0. The van der Waals surface area contributed by atoms with Crippen molar-refractivity contribution in [2.45, 2.75) is 25.6 Å². The molecule has 0 aliphatic carbocycles. The lowest BCUT2D eigenvalue weighted by Gasteiger charge is -2.30. The van der Waals surface area contributed by atoms with Crippen molar-refractivity contribution in [3.8, 4) is 0 Å². The molecule has 0 fully saturated rings. The van der Waals surface area contributed by atoms with Crippen molar-refractivity contribution in [2.24, 2.45) is 0 Å². The smallest absolute Gasteiger partial charge is 0.429 e. The number of fused-ring (bicyclic) bond motifs is 2. The van der Waals surface area contributed by atoms with Gasteiger partial charge in [-0.2, -0.15) is 13.2 Å². The average molecular weight is 387 g/mol. The Balaban J connectivity index is 2.10. The van der Waals surface area contributed by atoms with Crippen LogP contribution in [0.25, 0.3) is 21.9 Å². The summed E-state index contributed by atoms with van der Waals surface area (Å²) in [6.07, 6.45) is -5.13. The number of aliphatic hydroxyl groups is 1. The number of aromatic amines is 1. The lowest BCUT2D eigenvalue weighted by Crippen LogP contribution is -2.44. The number of hydrogen-bond donors (Lipinski definition) is 2. The summed E-state index contributed by atoms with van der Waals surface area (Å²) in [6.45, 7) is 3.20. The Kier molecular flexibility index (Phi) is 3.90. The SMILES string of the molecule is Cc1ccc2oc(C(O)(c3c(C)[nH]c4ccccc34)C(F)(F)F)cc(=O)c2c1. The number of alkyl halides is 3. The molecule has 7 heteroatoms. The predicted octanol–water partition coefficient (Wildman–Crippen LogP) is 4.69. The molecule has 0 aliphatic heterocycles. The van der Waals surface area contributed by atoms with E-state index in [0.717, 1.165) is 11.6 Å². The molecular formula is C21H16F3NO3. The third kappa shape index (κ3) is 2.54. The van der Waals surface area contributed by atoms with E-state index in [0.29, 0.717) is 5.52 Å². The minimum atomic E-state index is -5.13. The van der Waals surface area contributed by atoms with Gasteiger partial charge in [-0.25, -0.2) is 0 Å². The Hall–Kier alpha value is -3.06. The quantitative estimate of drug-likeness (QED) is 0.524. The molecule has 2 aromatic heterocycles. The number of H-pyrrole nitrogens is 1. The molecule has 0 bridgehead atoms. The Morgan fingerprint density at radius 2 is 1.71 bits per heavy atom. The van der Waals surface area contributed by atoms with Gasteiger partial charge < -0.3 is 14.5 Å². The van der Waals surface area contributed by atoms with Crippen LogP contribution in [0.3, 0.4) is 0 Å². The van der Waals surface area contributed by atoms with Crippen molar-refractivity contribution in [2.75, 3.05) is 0 Å². The summed E-state index contributed by atoms with van der Waals surface area (Å²) >= 11 is 0. The first-order chi connectivity index (χ1) is 13.1. The maximum absolute atomic E-state index is 14.2. The summed E-state index contributed by atoms with van der Waals surface area (Å²) in [5, 5.41) is 11.4. The third-order valence-electron chi connectivity index (χ3n) is 4.90. The first-order valence-electron chi connectivity index (χ1n) is 8.55. The number of hydrogen-bond acceptors (Lipinski definition) is 3. The summed E-state index contributed by atoms with van der Waals surface area (Å²) in [6, 6.07) is 11.6. The van der Waals surface area contributed by atoms with Gasteiger partial charge in [0.25, 0.3) is 0 Å². The van der Waals surface area contributed by atoms with Gasteiger partial charge in [0.1, 0.15) is 5.58 Å². The van der Waals surface area contributed by atoms with Crippen LogP contribution in [0.1, 0.15) is 22.6 Å². The largest absolute Gasteiger partial charge is 0.457 e. The van der Waals surface area contributed by atoms with Crippen LogP contribution in [0.4, 0.5) is 13.2 Å². The molecule has 144 valence electrons. The van der Waals surface area contributed by atoms with E-state index in [9.17, 15) is 23.1 Å². The summed E-state index contributed by atoms with van der Waals surface area (Å²) in [4.78, 5) is 15.4. The highest BCUT2D eigenvalue weighted by molar-refractivity contribution is 5.86. The normalized spacial score (nSPS) is 14.5. The Morgan fingerprint density at radius 3 is 2.43 bits per heavy atom. The van der Waals surface area contributed by atoms with Crippen molar-refractivity contribution in [1.29, 1.82) is 0 Å². The highest BCUT2D eigenvalue weighted by atomic mass is 19.4. The predicted molar refractivity (Wildman–Crippen MR) is 99.3 cm³/mol. The summed E-state index contributed by atoms with van der Waals surface area (Å²) in [5.74, 6) is -0.866. The molecule has 0 aliphatic rings. The maximum Gasteiger partial charge on any atom is 0.429 e. The van der Waals surface area contributed by atoms with Gasteiger partial charge in [-0.1, -0.05) is 29.8 Å². The van der Waals surface area contributed by atoms with Crippen LogP contribution in [0, 0.1) is 13.8 Å². The zero-order chi connectivity index (χ0) is 20.3. The lowest BCUT2D eigenvalue weighted by atomic mass is 9.87. The van der Waals surface area contributed by atoms with E-state index in [1.54, 1.807) is 31.2 Å². The molecule has 1 unspecified atom stereocenters. The first kappa shape index (κ1) is 18.3. The summed E-state index contributed by atoms with van der Waals surface area (Å²) < 4.78 is 48.1. The monoisotopic (exact) mass is 387 g/mol. The van der Waals surface area contributed by atoms with E-state index in [-0.39, 0.29) is 27.6 Å². The Morgan fingerprint density at radius 1 is 1.00 bits per heavy atom. The highest BCUT2D eigenvalue weighted by Crippen LogP contribution is 2.47. The molecule has 0 radical (unpaired) electrons. The second-order valence-corrected chi connectivity index (χ2v) is 6.85. The number of rotatable bonds is 2. The van der Waals surface area contributed by atoms with Crippen LogP contribution >= 0.6 is 0 Å². The van der Waals surface area contributed by atoms with Gasteiger partial charge in [-0.15, -0.1) is 0 Å².